The van der Waals surface area contributed by atoms with Crippen molar-refractivity contribution in [2.75, 3.05) is 23.8 Å². The molecule has 0 saturated carbocycles. The first-order valence-electron chi connectivity index (χ1n) is 8.18. The van der Waals surface area contributed by atoms with E-state index in [-0.39, 0.29) is 31.3 Å². The fourth-order valence-electron chi connectivity index (χ4n) is 3.02. The van der Waals surface area contributed by atoms with Crippen molar-refractivity contribution in [3.8, 4) is 5.75 Å². The average molecular weight is 369 g/mol. The van der Waals surface area contributed by atoms with Crippen LogP contribution in [-0.4, -0.2) is 46.0 Å². The van der Waals surface area contributed by atoms with E-state index < -0.39 is 17.8 Å². The number of carbonyl (C=O) groups is 3. The maximum absolute atomic E-state index is 12.5. The van der Waals surface area contributed by atoms with Crippen molar-refractivity contribution in [2.45, 2.75) is 12.5 Å². The van der Waals surface area contributed by atoms with Crippen molar-refractivity contribution in [1.29, 1.82) is 0 Å². The quantitative estimate of drug-likeness (QED) is 0.604. The topological polar surface area (TPSA) is 143 Å². The number of ether oxygens (including phenoxy) is 1. The Kier molecular flexibility index (Phi) is 4.07. The molecule has 0 saturated heterocycles. The molecule has 2 aromatic rings. The highest BCUT2D eigenvalue weighted by Crippen LogP contribution is 2.32. The van der Waals surface area contributed by atoms with Crippen molar-refractivity contribution in [2.24, 2.45) is 0 Å². The van der Waals surface area contributed by atoms with Crippen LogP contribution in [0.4, 0.5) is 11.4 Å². The Bertz CT molecular complexity index is 961. The number of amides is 2. The summed E-state index contributed by atoms with van der Waals surface area (Å²) < 4.78 is 5.29. The van der Waals surface area contributed by atoms with Crippen LogP contribution in [0.5, 0.6) is 5.75 Å². The number of hydrogen-bond acceptors (Lipinski definition) is 7. The molecule has 10 heteroatoms. The highest BCUT2D eigenvalue weighted by atomic mass is 16.5. The van der Waals surface area contributed by atoms with E-state index in [9.17, 15) is 19.5 Å². The number of nitrogens with one attached hydrogen (secondary N) is 3. The number of anilines is 2. The van der Waals surface area contributed by atoms with Crippen molar-refractivity contribution < 1.29 is 24.2 Å². The summed E-state index contributed by atoms with van der Waals surface area (Å²) in [6, 6.07) is 5.22. The molecule has 1 atom stereocenters. The summed E-state index contributed by atoms with van der Waals surface area (Å²) in [4.78, 5) is 43.1. The lowest BCUT2D eigenvalue weighted by Gasteiger charge is -2.18. The number of rotatable bonds is 4. The minimum absolute atomic E-state index is 0.0216. The maximum Gasteiger partial charge on any atom is 0.314 e. The molecular formula is C17H15N5O5. The van der Waals surface area contributed by atoms with Crippen molar-refractivity contribution in [1.82, 2.24) is 15.3 Å². The summed E-state index contributed by atoms with van der Waals surface area (Å²) in [6.45, 7) is 0.337. The molecule has 1 aromatic heterocycles. The molecule has 138 valence electrons. The lowest BCUT2D eigenvalue weighted by molar-refractivity contribution is -0.138. The van der Waals surface area contributed by atoms with Crippen LogP contribution in [0.3, 0.4) is 0 Å². The van der Waals surface area contributed by atoms with Gasteiger partial charge in [0.2, 0.25) is 0 Å². The number of fused-ring (bicyclic) bond motifs is 2. The molecule has 1 aromatic carbocycles. The van der Waals surface area contributed by atoms with Crippen molar-refractivity contribution in [3.05, 3.63) is 41.5 Å². The van der Waals surface area contributed by atoms with Gasteiger partial charge < -0.3 is 25.8 Å². The molecular weight excluding hydrogens is 354 g/mol. The fraction of sp³-hybridized carbons (Fsp3) is 0.235. The Morgan fingerprint density at radius 1 is 1.33 bits per heavy atom. The van der Waals surface area contributed by atoms with Gasteiger partial charge in [0.15, 0.2) is 12.3 Å². The Morgan fingerprint density at radius 2 is 2.19 bits per heavy atom. The van der Waals surface area contributed by atoms with Gasteiger partial charge in [-0.1, -0.05) is 6.07 Å². The molecule has 3 heterocycles. The van der Waals surface area contributed by atoms with E-state index in [4.69, 9.17) is 4.74 Å². The van der Waals surface area contributed by atoms with Gasteiger partial charge in [0.05, 0.1) is 17.1 Å². The number of aliphatic carboxylic acids is 1. The third-order valence-corrected chi connectivity index (χ3v) is 4.33. The van der Waals surface area contributed by atoms with E-state index in [0.717, 1.165) is 5.56 Å². The van der Waals surface area contributed by atoms with E-state index in [2.05, 4.69) is 25.9 Å². The number of benzene rings is 1. The largest absolute Gasteiger partial charge is 0.482 e. The fourth-order valence-corrected chi connectivity index (χ4v) is 3.02. The van der Waals surface area contributed by atoms with Crippen LogP contribution in [-0.2, 0) is 16.1 Å². The predicted octanol–water partition coefficient (Wildman–Crippen LogP) is 0.331. The summed E-state index contributed by atoms with van der Waals surface area (Å²) in [5.41, 5.74) is 2.05. The Morgan fingerprint density at radius 3 is 3.00 bits per heavy atom. The Hall–Kier alpha value is -3.69. The lowest BCUT2D eigenvalue weighted by Crippen LogP contribution is -2.27. The molecule has 2 amide bonds. The van der Waals surface area contributed by atoms with Gasteiger partial charge in [-0.3, -0.25) is 14.4 Å². The number of aromatic nitrogens is 2. The van der Waals surface area contributed by atoms with Crippen LogP contribution < -0.4 is 20.7 Å². The summed E-state index contributed by atoms with van der Waals surface area (Å²) in [5.74, 6) is -1.94. The van der Waals surface area contributed by atoms with Gasteiger partial charge in [0.25, 0.3) is 11.8 Å². The van der Waals surface area contributed by atoms with Gasteiger partial charge in [-0.25, -0.2) is 9.97 Å². The number of carboxylic acids is 1. The molecule has 4 rings (SSSR count). The predicted molar refractivity (Wildman–Crippen MR) is 92.6 cm³/mol. The van der Waals surface area contributed by atoms with Gasteiger partial charge >= 0.3 is 5.97 Å². The molecule has 2 aliphatic rings. The molecule has 10 nitrogen and oxygen atoms in total. The summed E-state index contributed by atoms with van der Waals surface area (Å²) in [7, 11) is 0. The smallest absolute Gasteiger partial charge is 0.314 e. The first kappa shape index (κ1) is 16.8. The van der Waals surface area contributed by atoms with Crippen LogP contribution in [0.2, 0.25) is 0 Å². The number of carboxylic acid groups (broad SMARTS) is 1. The molecule has 0 aliphatic carbocycles. The molecule has 27 heavy (non-hydrogen) atoms. The second-order valence-electron chi connectivity index (χ2n) is 6.10. The van der Waals surface area contributed by atoms with E-state index in [1.807, 2.05) is 0 Å². The first-order chi connectivity index (χ1) is 13.0. The Balaban J connectivity index is 1.49. The van der Waals surface area contributed by atoms with E-state index in [0.29, 0.717) is 22.8 Å². The normalized spacial score (nSPS) is 17.0. The van der Waals surface area contributed by atoms with Crippen LogP contribution >= 0.6 is 0 Å². The molecule has 4 N–H and O–H groups in total. The summed E-state index contributed by atoms with van der Waals surface area (Å²) in [6.07, 6.45) is 1.18. The third kappa shape index (κ3) is 3.12. The molecule has 2 aliphatic heterocycles. The molecule has 0 spiro atoms. The molecule has 0 bridgehead atoms. The summed E-state index contributed by atoms with van der Waals surface area (Å²) >= 11 is 0. The van der Waals surface area contributed by atoms with E-state index in [1.165, 1.54) is 6.33 Å². The zero-order valence-corrected chi connectivity index (χ0v) is 14.0. The van der Waals surface area contributed by atoms with Crippen molar-refractivity contribution in [3.63, 3.8) is 0 Å². The number of carbonyl (C=O) groups excluding carboxylic acids is 2. The molecule has 1 unspecified atom stereocenters. The minimum atomic E-state index is -1.01. The standard InChI is InChI=1S/C17H15N5O5/c23-12-6-27-11-2-1-8(3-10(11)22-12)4-19-16(24)15-14-13(20-7-21-15)9(5-18-14)17(25)26/h1-3,7,9,18H,4-6H2,(H,19,24)(H,22,23)(H,25,26). The van der Waals surface area contributed by atoms with Crippen molar-refractivity contribution >= 4 is 29.2 Å². The lowest BCUT2D eigenvalue weighted by atomic mass is 10.1. The molecule has 0 fully saturated rings. The second kappa shape index (κ2) is 6.56. The van der Waals surface area contributed by atoms with Gasteiger partial charge in [0, 0.05) is 13.1 Å². The summed E-state index contributed by atoms with van der Waals surface area (Å²) in [5, 5.41) is 17.6. The van der Waals surface area contributed by atoms with Gasteiger partial charge in [0.1, 0.15) is 18.0 Å². The van der Waals surface area contributed by atoms with Crippen LogP contribution in [0.15, 0.2) is 24.5 Å². The van der Waals surface area contributed by atoms with Crippen LogP contribution in [0.1, 0.15) is 27.7 Å². The highest BCUT2D eigenvalue weighted by Gasteiger charge is 2.33. The van der Waals surface area contributed by atoms with Crippen LogP contribution in [0, 0.1) is 0 Å². The zero-order chi connectivity index (χ0) is 19.0. The monoisotopic (exact) mass is 369 g/mol. The third-order valence-electron chi connectivity index (χ3n) is 4.33. The van der Waals surface area contributed by atoms with E-state index in [1.54, 1.807) is 18.2 Å². The zero-order valence-electron chi connectivity index (χ0n) is 14.0. The van der Waals surface area contributed by atoms with Gasteiger partial charge in [-0.2, -0.15) is 0 Å². The highest BCUT2D eigenvalue weighted by molar-refractivity contribution is 5.99. The number of hydrogen-bond donors (Lipinski definition) is 4. The van der Waals surface area contributed by atoms with Gasteiger partial charge in [-0.15, -0.1) is 0 Å². The average Bonchev–Trinajstić information content (AvgIpc) is 3.10. The SMILES string of the molecule is O=C1COc2ccc(CNC(=O)c3ncnc4c3NCC4C(=O)O)cc2N1. The Labute approximate surface area is 153 Å². The van der Waals surface area contributed by atoms with Gasteiger partial charge in [-0.05, 0) is 17.7 Å². The van der Waals surface area contributed by atoms with E-state index >= 15 is 0 Å². The second-order valence-corrected chi connectivity index (χ2v) is 6.10. The number of nitrogens with zero attached hydrogens (tertiary/aromatic N) is 2. The van der Waals surface area contributed by atoms with Crippen LogP contribution in [0.25, 0.3) is 0 Å². The maximum atomic E-state index is 12.5. The first-order valence-corrected chi connectivity index (χ1v) is 8.18. The minimum Gasteiger partial charge on any atom is -0.482 e. The molecule has 0 radical (unpaired) electrons.